The number of carbonyl (C=O) groups excluding carboxylic acids is 1. The summed E-state index contributed by atoms with van der Waals surface area (Å²) in [7, 11) is 1.28. The van der Waals surface area contributed by atoms with Crippen molar-refractivity contribution in [1.82, 2.24) is 9.97 Å². The van der Waals surface area contributed by atoms with Crippen LogP contribution in [0.4, 0.5) is 5.82 Å². The Kier molecular flexibility index (Phi) is 4.14. The molecule has 0 aliphatic rings. The van der Waals surface area contributed by atoms with E-state index in [0.717, 1.165) is 0 Å². The lowest BCUT2D eigenvalue weighted by atomic mass is 10.3. The summed E-state index contributed by atoms with van der Waals surface area (Å²) in [6.45, 7) is 1.85. The lowest BCUT2D eigenvalue weighted by molar-refractivity contribution is 0.0563. The quantitative estimate of drug-likeness (QED) is 0.500. The number of carbonyl (C=O) groups is 1. The number of hydrogen-bond donors (Lipinski definition) is 2. The zero-order valence-corrected chi connectivity index (χ0v) is 11.7. The number of hydrogen-bond acceptors (Lipinski definition) is 7. The van der Waals surface area contributed by atoms with E-state index >= 15 is 0 Å². The number of nitrogen functional groups attached to an aromatic ring is 1. The Morgan fingerprint density at radius 1 is 1.55 bits per heavy atom. The number of nitrogens with one attached hydrogen (secondary N) is 1. The molecule has 0 bridgehead atoms. The number of ether oxygens (including phenoxy) is 1. The number of H-pyrrole nitrogens is 1. The van der Waals surface area contributed by atoms with Crippen LogP contribution in [0.15, 0.2) is 32.6 Å². The molecule has 0 amide bonds. The van der Waals surface area contributed by atoms with Crippen molar-refractivity contribution >= 4 is 23.5 Å². The lowest BCUT2D eigenvalue weighted by Crippen LogP contribution is -2.09. The van der Waals surface area contributed by atoms with Crippen molar-refractivity contribution < 1.29 is 13.9 Å². The van der Waals surface area contributed by atoms with Crippen LogP contribution in [0.25, 0.3) is 0 Å². The second-order valence-corrected chi connectivity index (χ2v) is 5.26. The van der Waals surface area contributed by atoms with Crippen molar-refractivity contribution in [3.63, 3.8) is 0 Å². The molecule has 1 atom stereocenters. The van der Waals surface area contributed by atoms with Crippen LogP contribution in [0.5, 0.6) is 0 Å². The van der Waals surface area contributed by atoms with E-state index in [1.54, 1.807) is 6.07 Å². The molecule has 0 saturated heterocycles. The van der Waals surface area contributed by atoms with Crippen LogP contribution in [0, 0.1) is 0 Å². The van der Waals surface area contributed by atoms with Gasteiger partial charge in [-0.25, -0.2) is 9.78 Å². The van der Waals surface area contributed by atoms with Gasteiger partial charge in [0.2, 0.25) is 5.76 Å². The van der Waals surface area contributed by atoms with Crippen LogP contribution >= 0.6 is 11.8 Å². The number of methoxy groups -OCH3 is 1. The Labute approximate surface area is 118 Å². The molecule has 1 unspecified atom stereocenters. The minimum Gasteiger partial charge on any atom is -0.463 e. The van der Waals surface area contributed by atoms with Crippen LogP contribution in [-0.2, 0) is 4.74 Å². The fraction of sp³-hybridized carbons (Fsp3) is 0.250. The first kappa shape index (κ1) is 14.2. The largest absolute Gasteiger partial charge is 0.463 e. The molecule has 0 fully saturated rings. The maximum atomic E-state index is 11.3. The molecule has 2 rings (SSSR count). The van der Waals surface area contributed by atoms with Gasteiger partial charge in [-0.1, -0.05) is 11.8 Å². The number of nitrogens with zero attached hydrogens (tertiary/aromatic N) is 1. The molecule has 2 aromatic rings. The second-order valence-electron chi connectivity index (χ2n) is 3.93. The standard InChI is InChI=1S/C12H13N3O4S/c1-6(7-3-4-8(19-7)11(17)18-2)20-12-14-9(13)5-10(16)15-12/h3-6H,1-2H3,(H3,13,14,15,16). The molecule has 20 heavy (non-hydrogen) atoms. The summed E-state index contributed by atoms with van der Waals surface area (Å²) in [5.74, 6) is 0.312. The summed E-state index contributed by atoms with van der Waals surface area (Å²) in [5, 5.41) is 0.233. The molecular formula is C12H13N3O4S. The summed E-state index contributed by atoms with van der Waals surface area (Å²) in [6, 6.07) is 4.42. The van der Waals surface area contributed by atoms with E-state index in [-0.39, 0.29) is 22.4 Å². The summed E-state index contributed by atoms with van der Waals surface area (Å²) in [4.78, 5) is 29.2. The number of furan rings is 1. The molecular weight excluding hydrogens is 282 g/mol. The third kappa shape index (κ3) is 3.21. The zero-order valence-electron chi connectivity index (χ0n) is 10.9. The molecule has 2 heterocycles. The normalized spacial score (nSPS) is 12.1. The summed E-state index contributed by atoms with van der Waals surface area (Å²) in [6.07, 6.45) is 0. The highest BCUT2D eigenvalue weighted by Crippen LogP contribution is 2.33. The van der Waals surface area contributed by atoms with Crippen LogP contribution in [0.3, 0.4) is 0 Å². The van der Waals surface area contributed by atoms with Crippen LogP contribution < -0.4 is 11.3 Å². The molecule has 0 saturated carbocycles. The van der Waals surface area contributed by atoms with Crippen LogP contribution in [-0.4, -0.2) is 23.0 Å². The Morgan fingerprint density at radius 2 is 2.30 bits per heavy atom. The number of nitrogens with two attached hydrogens (primary N) is 1. The summed E-state index contributed by atoms with van der Waals surface area (Å²) < 4.78 is 9.95. The number of rotatable bonds is 4. The van der Waals surface area contributed by atoms with Crippen molar-refractivity contribution in [2.75, 3.05) is 12.8 Å². The van der Waals surface area contributed by atoms with Gasteiger partial charge in [-0.2, -0.15) is 0 Å². The molecule has 106 valence electrons. The van der Waals surface area contributed by atoms with Gasteiger partial charge in [-0.05, 0) is 19.1 Å². The number of esters is 1. The van der Waals surface area contributed by atoms with Gasteiger partial charge >= 0.3 is 5.97 Å². The van der Waals surface area contributed by atoms with Crippen molar-refractivity contribution in [2.45, 2.75) is 17.3 Å². The van der Waals surface area contributed by atoms with Crippen LogP contribution in [0.1, 0.15) is 28.5 Å². The summed E-state index contributed by atoms with van der Waals surface area (Å²) in [5.41, 5.74) is 5.19. The van der Waals surface area contributed by atoms with Crippen molar-refractivity contribution in [2.24, 2.45) is 0 Å². The van der Waals surface area contributed by atoms with E-state index in [1.807, 2.05) is 6.92 Å². The van der Waals surface area contributed by atoms with Gasteiger partial charge in [-0.15, -0.1) is 0 Å². The molecule has 0 aliphatic heterocycles. The van der Waals surface area contributed by atoms with E-state index in [4.69, 9.17) is 10.2 Å². The molecule has 2 aromatic heterocycles. The lowest BCUT2D eigenvalue weighted by Gasteiger charge is -2.07. The average molecular weight is 295 g/mol. The molecule has 0 aliphatic carbocycles. The van der Waals surface area contributed by atoms with Gasteiger partial charge in [0.15, 0.2) is 5.16 Å². The highest BCUT2D eigenvalue weighted by molar-refractivity contribution is 7.99. The predicted octanol–water partition coefficient (Wildman–Crippen LogP) is 1.58. The Morgan fingerprint density at radius 3 is 2.95 bits per heavy atom. The third-order valence-corrected chi connectivity index (χ3v) is 3.44. The van der Waals surface area contributed by atoms with Crippen LogP contribution in [0.2, 0.25) is 0 Å². The van der Waals surface area contributed by atoms with Gasteiger partial charge < -0.3 is 19.9 Å². The van der Waals surface area contributed by atoms with E-state index in [2.05, 4.69) is 14.7 Å². The van der Waals surface area contributed by atoms with Gasteiger partial charge in [0.1, 0.15) is 11.6 Å². The number of thioether (sulfide) groups is 1. The maximum absolute atomic E-state index is 11.3. The highest BCUT2D eigenvalue weighted by Gasteiger charge is 2.17. The van der Waals surface area contributed by atoms with Gasteiger partial charge in [0, 0.05) is 6.07 Å². The summed E-state index contributed by atoms with van der Waals surface area (Å²) >= 11 is 1.27. The zero-order chi connectivity index (χ0) is 14.7. The Bertz CT molecular complexity index is 679. The number of aromatic nitrogens is 2. The molecule has 7 nitrogen and oxygen atoms in total. The molecule has 0 spiro atoms. The van der Waals surface area contributed by atoms with Gasteiger partial charge in [-0.3, -0.25) is 4.79 Å². The smallest absolute Gasteiger partial charge is 0.373 e. The van der Waals surface area contributed by atoms with E-state index in [0.29, 0.717) is 10.9 Å². The second kappa shape index (κ2) is 5.83. The highest BCUT2D eigenvalue weighted by atomic mass is 32.2. The third-order valence-electron chi connectivity index (χ3n) is 2.44. The minimum absolute atomic E-state index is 0.129. The monoisotopic (exact) mass is 295 g/mol. The van der Waals surface area contributed by atoms with Gasteiger partial charge in [0.05, 0.1) is 12.4 Å². The van der Waals surface area contributed by atoms with Crippen molar-refractivity contribution in [3.05, 3.63) is 40.1 Å². The van der Waals surface area contributed by atoms with Crippen molar-refractivity contribution in [1.29, 1.82) is 0 Å². The first-order valence-corrected chi connectivity index (χ1v) is 6.59. The number of anilines is 1. The first-order valence-electron chi connectivity index (χ1n) is 5.71. The predicted molar refractivity (Wildman–Crippen MR) is 73.6 cm³/mol. The first-order chi connectivity index (χ1) is 9.49. The van der Waals surface area contributed by atoms with E-state index < -0.39 is 5.97 Å². The number of aromatic amines is 1. The molecule has 3 N–H and O–H groups in total. The molecule has 0 aromatic carbocycles. The van der Waals surface area contributed by atoms with E-state index in [9.17, 15) is 9.59 Å². The minimum atomic E-state index is -0.538. The SMILES string of the molecule is COC(=O)c1ccc(C(C)Sc2nc(N)cc(=O)[nH]2)o1. The maximum Gasteiger partial charge on any atom is 0.373 e. The fourth-order valence-corrected chi connectivity index (χ4v) is 2.41. The van der Waals surface area contributed by atoms with Gasteiger partial charge in [0.25, 0.3) is 5.56 Å². The molecule has 0 radical (unpaired) electrons. The molecule has 8 heteroatoms. The Hall–Kier alpha value is -2.22. The average Bonchev–Trinajstić information content (AvgIpc) is 2.86. The fourth-order valence-electron chi connectivity index (χ4n) is 1.52. The Balaban J connectivity index is 2.15. The van der Waals surface area contributed by atoms with Crippen molar-refractivity contribution in [3.8, 4) is 0 Å². The van der Waals surface area contributed by atoms with E-state index in [1.165, 1.54) is 31.0 Å². The topological polar surface area (TPSA) is 111 Å².